The van der Waals surface area contributed by atoms with Gasteiger partial charge in [0, 0.05) is 12.6 Å². The van der Waals surface area contributed by atoms with Crippen LogP contribution >= 0.6 is 0 Å². The zero-order valence-electron chi connectivity index (χ0n) is 12.3. The van der Waals surface area contributed by atoms with Gasteiger partial charge in [0.05, 0.1) is 6.04 Å². The van der Waals surface area contributed by atoms with Crippen molar-refractivity contribution >= 4 is 0 Å². The molecular weight excluding hydrogens is 260 g/mol. The molecule has 2 heterocycles. The van der Waals surface area contributed by atoms with E-state index < -0.39 is 0 Å². The van der Waals surface area contributed by atoms with Gasteiger partial charge < -0.3 is 9.88 Å². The van der Waals surface area contributed by atoms with E-state index >= 15 is 0 Å². The second-order valence-corrected chi connectivity index (χ2v) is 6.22. The Balaban J connectivity index is 1.70. The van der Waals surface area contributed by atoms with Crippen molar-refractivity contribution in [1.29, 1.82) is 0 Å². The number of hydrogen-bond acceptors (Lipinski definition) is 3. The number of benzene rings is 1. The number of fused-ring (bicyclic) bond motifs is 1. The standard InChI is InChI=1S/C17H22N4/c1-2-7-14(8-3-1)21-12-19-20-17(21)16-15-9-5-4-6-13(15)10-11-18-16/h4-6,9,12,14,16,18H,1-3,7-8,10-11H2. The van der Waals surface area contributed by atoms with Crippen LogP contribution in [0, 0.1) is 0 Å². The maximum absolute atomic E-state index is 4.46. The van der Waals surface area contributed by atoms with Crippen LogP contribution in [0.1, 0.15) is 61.1 Å². The van der Waals surface area contributed by atoms with Crippen LogP contribution in [0.4, 0.5) is 0 Å². The predicted octanol–water partition coefficient (Wildman–Crippen LogP) is 3.02. The number of hydrogen-bond donors (Lipinski definition) is 1. The van der Waals surface area contributed by atoms with E-state index in [0.29, 0.717) is 6.04 Å². The van der Waals surface area contributed by atoms with Crippen LogP contribution in [0.15, 0.2) is 30.6 Å². The molecule has 2 aromatic rings. The Morgan fingerprint density at radius 1 is 1.10 bits per heavy atom. The third-order valence-electron chi connectivity index (χ3n) is 4.94. The quantitative estimate of drug-likeness (QED) is 0.920. The molecule has 21 heavy (non-hydrogen) atoms. The van der Waals surface area contributed by atoms with Crippen molar-refractivity contribution in [2.24, 2.45) is 0 Å². The molecule has 0 bridgehead atoms. The Morgan fingerprint density at radius 2 is 1.95 bits per heavy atom. The van der Waals surface area contributed by atoms with Crippen molar-refractivity contribution in [1.82, 2.24) is 20.1 Å². The summed E-state index contributed by atoms with van der Waals surface area (Å²) in [6, 6.07) is 9.50. The lowest BCUT2D eigenvalue weighted by Crippen LogP contribution is -2.33. The molecule has 1 aromatic carbocycles. The highest BCUT2D eigenvalue weighted by atomic mass is 15.3. The Hall–Kier alpha value is -1.68. The Bertz CT molecular complexity index is 613. The summed E-state index contributed by atoms with van der Waals surface area (Å²) in [5.74, 6) is 1.09. The topological polar surface area (TPSA) is 42.7 Å². The smallest absolute Gasteiger partial charge is 0.154 e. The van der Waals surface area contributed by atoms with E-state index in [9.17, 15) is 0 Å². The minimum absolute atomic E-state index is 0.194. The van der Waals surface area contributed by atoms with Crippen LogP contribution in [-0.4, -0.2) is 21.3 Å². The van der Waals surface area contributed by atoms with Crippen LogP contribution in [0.3, 0.4) is 0 Å². The number of aromatic nitrogens is 3. The van der Waals surface area contributed by atoms with Crippen LogP contribution in [-0.2, 0) is 6.42 Å². The van der Waals surface area contributed by atoms with Crippen molar-refractivity contribution < 1.29 is 0 Å². The summed E-state index contributed by atoms with van der Waals surface area (Å²) in [4.78, 5) is 0. The van der Waals surface area contributed by atoms with Crippen LogP contribution < -0.4 is 5.32 Å². The Morgan fingerprint density at radius 3 is 2.86 bits per heavy atom. The first-order valence-electron chi connectivity index (χ1n) is 8.14. The summed E-state index contributed by atoms with van der Waals surface area (Å²) in [5.41, 5.74) is 2.81. The van der Waals surface area contributed by atoms with Gasteiger partial charge in [-0.1, -0.05) is 43.5 Å². The molecule has 1 fully saturated rings. The fourth-order valence-electron chi connectivity index (χ4n) is 3.83. The maximum Gasteiger partial charge on any atom is 0.154 e. The lowest BCUT2D eigenvalue weighted by Gasteiger charge is -2.30. The summed E-state index contributed by atoms with van der Waals surface area (Å²) in [5, 5.41) is 12.3. The molecule has 1 saturated carbocycles. The highest BCUT2D eigenvalue weighted by molar-refractivity contribution is 5.36. The molecule has 4 rings (SSSR count). The monoisotopic (exact) mass is 282 g/mol. The zero-order chi connectivity index (χ0) is 14.1. The molecule has 1 aliphatic carbocycles. The summed E-state index contributed by atoms with van der Waals surface area (Å²) in [6.45, 7) is 1.01. The molecular formula is C17H22N4. The first kappa shape index (κ1) is 13.0. The zero-order valence-corrected chi connectivity index (χ0v) is 12.3. The average Bonchev–Trinajstić information content (AvgIpc) is 3.04. The van der Waals surface area contributed by atoms with E-state index in [1.165, 1.54) is 43.2 Å². The molecule has 1 aromatic heterocycles. The Labute approximate surface area is 125 Å². The maximum atomic E-state index is 4.46. The van der Waals surface area contributed by atoms with Gasteiger partial charge in [-0.2, -0.15) is 0 Å². The average molecular weight is 282 g/mol. The van der Waals surface area contributed by atoms with Gasteiger partial charge >= 0.3 is 0 Å². The summed E-state index contributed by atoms with van der Waals surface area (Å²) < 4.78 is 2.33. The van der Waals surface area contributed by atoms with Gasteiger partial charge in [0.15, 0.2) is 5.82 Å². The van der Waals surface area contributed by atoms with Crippen molar-refractivity contribution in [2.45, 2.75) is 50.6 Å². The highest BCUT2D eigenvalue weighted by Gasteiger charge is 2.27. The van der Waals surface area contributed by atoms with E-state index in [0.717, 1.165) is 18.8 Å². The lowest BCUT2D eigenvalue weighted by molar-refractivity contribution is 0.337. The summed E-state index contributed by atoms with van der Waals surface area (Å²) >= 11 is 0. The SMILES string of the molecule is c1ccc2c(c1)CCNC2c1nncn1C1CCCCC1. The molecule has 1 aliphatic heterocycles. The number of nitrogens with one attached hydrogen (secondary N) is 1. The molecule has 2 aliphatic rings. The minimum Gasteiger partial charge on any atom is -0.313 e. The molecule has 0 amide bonds. The van der Waals surface area contributed by atoms with Gasteiger partial charge in [0.2, 0.25) is 0 Å². The molecule has 110 valence electrons. The highest BCUT2D eigenvalue weighted by Crippen LogP contribution is 2.33. The molecule has 1 atom stereocenters. The van der Waals surface area contributed by atoms with Gasteiger partial charge in [0.1, 0.15) is 6.33 Å². The van der Waals surface area contributed by atoms with Crippen molar-refractivity contribution in [3.8, 4) is 0 Å². The minimum atomic E-state index is 0.194. The molecule has 0 spiro atoms. The van der Waals surface area contributed by atoms with Crippen molar-refractivity contribution in [2.75, 3.05) is 6.54 Å². The molecule has 1 unspecified atom stereocenters. The van der Waals surface area contributed by atoms with Crippen LogP contribution in [0.2, 0.25) is 0 Å². The van der Waals surface area contributed by atoms with E-state index in [4.69, 9.17) is 0 Å². The largest absolute Gasteiger partial charge is 0.313 e. The second-order valence-electron chi connectivity index (χ2n) is 6.22. The normalized spacial score (nSPS) is 23.0. The predicted molar refractivity (Wildman–Crippen MR) is 82.1 cm³/mol. The van der Waals surface area contributed by atoms with Gasteiger partial charge in [-0.05, 0) is 30.4 Å². The first-order valence-corrected chi connectivity index (χ1v) is 8.14. The van der Waals surface area contributed by atoms with E-state index in [-0.39, 0.29) is 6.04 Å². The van der Waals surface area contributed by atoms with E-state index in [1.54, 1.807) is 0 Å². The molecule has 1 N–H and O–H groups in total. The van der Waals surface area contributed by atoms with Gasteiger partial charge in [-0.15, -0.1) is 10.2 Å². The van der Waals surface area contributed by atoms with E-state index in [2.05, 4.69) is 44.3 Å². The van der Waals surface area contributed by atoms with Crippen LogP contribution in [0.25, 0.3) is 0 Å². The Kier molecular flexibility index (Phi) is 3.47. The van der Waals surface area contributed by atoms with Gasteiger partial charge in [-0.25, -0.2) is 0 Å². The van der Waals surface area contributed by atoms with Gasteiger partial charge in [0.25, 0.3) is 0 Å². The number of nitrogens with zero attached hydrogens (tertiary/aromatic N) is 3. The molecule has 4 heteroatoms. The van der Waals surface area contributed by atoms with E-state index in [1.807, 2.05) is 6.33 Å². The first-order chi connectivity index (χ1) is 10.4. The number of rotatable bonds is 2. The second kappa shape index (κ2) is 5.60. The molecule has 4 nitrogen and oxygen atoms in total. The summed E-state index contributed by atoms with van der Waals surface area (Å²) in [7, 11) is 0. The lowest BCUT2D eigenvalue weighted by atomic mass is 9.92. The molecule has 0 radical (unpaired) electrons. The van der Waals surface area contributed by atoms with Crippen molar-refractivity contribution in [3.63, 3.8) is 0 Å². The fraction of sp³-hybridized carbons (Fsp3) is 0.529. The summed E-state index contributed by atoms with van der Waals surface area (Å²) in [6.07, 6.45) is 9.60. The van der Waals surface area contributed by atoms with Crippen molar-refractivity contribution in [3.05, 3.63) is 47.5 Å². The fourth-order valence-corrected chi connectivity index (χ4v) is 3.83. The third-order valence-corrected chi connectivity index (χ3v) is 4.94. The molecule has 0 saturated heterocycles. The van der Waals surface area contributed by atoms with Crippen LogP contribution in [0.5, 0.6) is 0 Å². The third kappa shape index (κ3) is 2.38. The van der Waals surface area contributed by atoms with Gasteiger partial charge in [-0.3, -0.25) is 0 Å².